The first kappa shape index (κ1) is 12.8. The predicted octanol–water partition coefficient (Wildman–Crippen LogP) is -0.109. The van der Waals surface area contributed by atoms with Crippen LogP contribution in [0.3, 0.4) is 0 Å². The topological polar surface area (TPSA) is 91.0 Å². The van der Waals surface area contributed by atoms with Crippen molar-refractivity contribution in [1.82, 2.24) is 19.6 Å². The van der Waals surface area contributed by atoms with Gasteiger partial charge in [-0.25, -0.2) is 0 Å². The monoisotopic (exact) mass is 263 g/mol. The number of anilines is 1. The molecule has 0 aliphatic carbocycles. The standard InChI is InChI=1S/C11H13N5O3/c1-19-11(18)8-16-6-9(5-13-16)14-10(17)7-15-4-2-3-12-15/h2-6H,7-8H2,1H3,(H,14,17). The first-order chi connectivity index (χ1) is 9.17. The fourth-order valence-electron chi connectivity index (χ4n) is 1.45. The van der Waals surface area contributed by atoms with Crippen molar-refractivity contribution in [2.45, 2.75) is 13.1 Å². The van der Waals surface area contributed by atoms with Gasteiger partial charge in [0.15, 0.2) is 0 Å². The zero-order valence-corrected chi connectivity index (χ0v) is 10.3. The van der Waals surface area contributed by atoms with Crippen LogP contribution in [0.25, 0.3) is 0 Å². The van der Waals surface area contributed by atoms with Gasteiger partial charge in [0.1, 0.15) is 13.1 Å². The van der Waals surface area contributed by atoms with E-state index in [2.05, 4.69) is 20.3 Å². The Balaban J connectivity index is 1.89. The van der Waals surface area contributed by atoms with E-state index in [0.717, 1.165) is 0 Å². The van der Waals surface area contributed by atoms with Crippen LogP contribution < -0.4 is 5.32 Å². The van der Waals surface area contributed by atoms with Gasteiger partial charge in [-0.05, 0) is 6.07 Å². The number of amides is 1. The molecule has 0 aliphatic rings. The van der Waals surface area contributed by atoms with Crippen molar-refractivity contribution >= 4 is 17.6 Å². The number of hydrogen-bond donors (Lipinski definition) is 1. The van der Waals surface area contributed by atoms with Crippen molar-refractivity contribution in [3.8, 4) is 0 Å². The lowest BCUT2D eigenvalue weighted by Gasteiger charge is -2.02. The molecule has 0 spiro atoms. The molecule has 0 atom stereocenters. The molecule has 2 aromatic rings. The number of aromatic nitrogens is 4. The molecule has 1 amide bonds. The zero-order valence-electron chi connectivity index (χ0n) is 10.3. The average Bonchev–Trinajstić information content (AvgIpc) is 3.01. The van der Waals surface area contributed by atoms with Crippen molar-refractivity contribution in [1.29, 1.82) is 0 Å². The molecule has 8 nitrogen and oxygen atoms in total. The number of carbonyl (C=O) groups excluding carboxylic acids is 2. The van der Waals surface area contributed by atoms with Gasteiger partial charge in [0, 0.05) is 18.6 Å². The third kappa shape index (κ3) is 3.66. The maximum atomic E-state index is 11.7. The van der Waals surface area contributed by atoms with Crippen LogP contribution in [0.2, 0.25) is 0 Å². The Kier molecular flexibility index (Phi) is 3.91. The van der Waals surface area contributed by atoms with Gasteiger partial charge in [-0.1, -0.05) is 0 Å². The average molecular weight is 263 g/mol. The maximum absolute atomic E-state index is 11.7. The fraction of sp³-hybridized carbons (Fsp3) is 0.273. The molecule has 0 aromatic carbocycles. The Bertz CT molecular complexity index is 561. The number of ether oxygens (including phenoxy) is 1. The van der Waals surface area contributed by atoms with Crippen molar-refractivity contribution in [2.24, 2.45) is 0 Å². The second-order valence-electron chi connectivity index (χ2n) is 3.75. The van der Waals surface area contributed by atoms with Gasteiger partial charge in [-0.15, -0.1) is 0 Å². The highest BCUT2D eigenvalue weighted by molar-refractivity contribution is 5.90. The summed E-state index contributed by atoms with van der Waals surface area (Å²) in [5.74, 6) is -0.626. The molecule has 0 saturated heterocycles. The molecule has 0 saturated carbocycles. The predicted molar refractivity (Wildman–Crippen MR) is 65.1 cm³/mol. The molecule has 19 heavy (non-hydrogen) atoms. The summed E-state index contributed by atoms with van der Waals surface area (Å²) >= 11 is 0. The minimum Gasteiger partial charge on any atom is -0.468 e. The van der Waals surface area contributed by atoms with E-state index in [9.17, 15) is 9.59 Å². The maximum Gasteiger partial charge on any atom is 0.327 e. The molecule has 0 fully saturated rings. The molecular weight excluding hydrogens is 250 g/mol. The minimum absolute atomic E-state index is 0.00548. The van der Waals surface area contributed by atoms with Crippen LogP contribution in [0.5, 0.6) is 0 Å². The van der Waals surface area contributed by atoms with Crippen LogP contribution in [0.1, 0.15) is 0 Å². The highest BCUT2D eigenvalue weighted by Crippen LogP contribution is 2.05. The molecule has 0 unspecified atom stereocenters. The summed E-state index contributed by atoms with van der Waals surface area (Å²) in [6.45, 7) is 0.126. The Morgan fingerprint density at radius 1 is 1.32 bits per heavy atom. The SMILES string of the molecule is COC(=O)Cn1cc(NC(=O)Cn2cccn2)cn1. The number of nitrogens with one attached hydrogen (secondary N) is 1. The summed E-state index contributed by atoms with van der Waals surface area (Å²) in [5, 5.41) is 10.5. The number of esters is 1. The molecule has 0 radical (unpaired) electrons. The van der Waals surface area contributed by atoms with Gasteiger partial charge in [-0.3, -0.25) is 19.0 Å². The third-order valence-electron chi connectivity index (χ3n) is 2.30. The number of nitrogens with zero attached hydrogens (tertiary/aromatic N) is 4. The van der Waals surface area contributed by atoms with E-state index in [-0.39, 0.29) is 19.0 Å². The molecular formula is C11H13N5O3. The lowest BCUT2D eigenvalue weighted by atomic mass is 10.5. The summed E-state index contributed by atoms with van der Waals surface area (Å²) in [4.78, 5) is 22.7. The molecule has 100 valence electrons. The summed E-state index contributed by atoms with van der Waals surface area (Å²) in [6, 6.07) is 1.74. The van der Waals surface area contributed by atoms with E-state index in [1.54, 1.807) is 24.7 Å². The van der Waals surface area contributed by atoms with Gasteiger partial charge < -0.3 is 10.1 Å². The van der Waals surface area contributed by atoms with Crippen LogP contribution >= 0.6 is 0 Å². The molecule has 8 heteroatoms. The van der Waals surface area contributed by atoms with Crippen molar-refractivity contribution in [2.75, 3.05) is 12.4 Å². The van der Waals surface area contributed by atoms with Gasteiger partial charge in [-0.2, -0.15) is 10.2 Å². The Labute approximate surface area is 109 Å². The molecule has 2 aromatic heterocycles. The van der Waals surface area contributed by atoms with Gasteiger partial charge in [0.25, 0.3) is 0 Å². The summed E-state index contributed by atoms with van der Waals surface area (Å²) in [5.41, 5.74) is 0.515. The molecule has 2 rings (SSSR count). The number of rotatable bonds is 5. The summed E-state index contributed by atoms with van der Waals surface area (Å²) in [6.07, 6.45) is 6.31. The summed E-state index contributed by atoms with van der Waals surface area (Å²) < 4.78 is 7.41. The van der Waals surface area contributed by atoms with Crippen molar-refractivity contribution in [3.63, 3.8) is 0 Å². The van der Waals surface area contributed by atoms with E-state index in [1.807, 2.05) is 0 Å². The lowest BCUT2D eigenvalue weighted by molar-refractivity contribution is -0.141. The van der Waals surface area contributed by atoms with Crippen LogP contribution in [-0.4, -0.2) is 38.5 Å². The van der Waals surface area contributed by atoms with Crippen molar-refractivity contribution in [3.05, 3.63) is 30.9 Å². The lowest BCUT2D eigenvalue weighted by Crippen LogP contribution is -2.18. The molecule has 2 heterocycles. The van der Waals surface area contributed by atoms with E-state index < -0.39 is 5.97 Å². The first-order valence-corrected chi connectivity index (χ1v) is 5.54. The largest absolute Gasteiger partial charge is 0.468 e. The quantitative estimate of drug-likeness (QED) is 0.760. The second kappa shape index (κ2) is 5.80. The zero-order chi connectivity index (χ0) is 13.7. The van der Waals surface area contributed by atoms with Crippen LogP contribution in [0, 0.1) is 0 Å². The highest BCUT2D eigenvalue weighted by Gasteiger charge is 2.07. The van der Waals surface area contributed by atoms with Crippen LogP contribution in [-0.2, 0) is 27.4 Å². The smallest absolute Gasteiger partial charge is 0.327 e. The van der Waals surface area contributed by atoms with E-state index in [4.69, 9.17) is 0 Å². The normalized spacial score (nSPS) is 10.2. The van der Waals surface area contributed by atoms with Gasteiger partial charge in [0.2, 0.25) is 5.91 Å². The molecule has 1 N–H and O–H groups in total. The summed E-state index contributed by atoms with van der Waals surface area (Å²) in [7, 11) is 1.30. The second-order valence-corrected chi connectivity index (χ2v) is 3.75. The number of carbonyl (C=O) groups is 2. The highest BCUT2D eigenvalue weighted by atomic mass is 16.5. The van der Waals surface area contributed by atoms with Crippen molar-refractivity contribution < 1.29 is 14.3 Å². The van der Waals surface area contributed by atoms with Gasteiger partial charge >= 0.3 is 5.97 Å². The van der Waals surface area contributed by atoms with E-state index in [0.29, 0.717) is 5.69 Å². The third-order valence-corrected chi connectivity index (χ3v) is 2.30. The number of hydrogen-bond acceptors (Lipinski definition) is 5. The van der Waals surface area contributed by atoms with E-state index in [1.165, 1.54) is 22.7 Å². The first-order valence-electron chi connectivity index (χ1n) is 5.54. The minimum atomic E-state index is -0.405. The Hall–Kier alpha value is -2.64. The van der Waals surface area contributed by atoms with Gasteiger partial charge in [0.05, 0.1) is 19.0 Å². The Morgan fingerprint density at radius 2 is 2.16 bits per heavy atom. The Morgan fingerprint density at radius 3 is 2.84 bits per heavy atom. The molecule has 0 aliphatic heterocycles. The van der Waals surface area contributed by atoms with E-state index >= 15 is 0 Å². The van der Waals surface area contributed by atoms with Crippen LogP contribution in [0.15, 0.2) is 30.9 Å². The fourth-order valence-corrected chi connectivity index (χ4v) is 1.45. The van der Waals surface area contributed by atoms with Crippen LogP contribution in [0.4, 0.5) is 5.69 Å². The molecule has 0 bridgehead atoms. The number of methoxy groups -OCH3 is 1.